The van der Waals surface area contributed by atoms with Crippen molar-refractivity contribution in [2.45, 2.75) is 32.3 Å². The zero-order valence-electron chi connectivity index (χ0n) is 23.1. The molecule has 0 radical (unpaired) electrons. The molecule has 40 heavy (non-hydrogen) atoms. The first-order valence-electron chi connectivity index (χ1n) is 13.2. The Hall–Kier alpha value is -4.58. The number of piperidine rings is 1. The number of carbonyl (C=O) groups is 1. The fourth-order valence-corrected chi connectivity index (χ4v) is 4.64. The third-order valence-electron chi connectivity index (χ3n) is 6.61. The Bertz CT molecular complexity index is 1470. The maximum absolute atomic E-state index is 12.8. The third-order valence-corrected chi connectivity index (χ3v) is 6.61. The summed E-state index contributed by atoms with van der Waals surface area (Å²) in [7, 11) is 5.48. The highest BCUT2D eigenvalue weighted by Gasteiger charge is 2.20. The summed E-state index contributed by atoms with van der Waals surface area (Å²) in [5, 5.41) is 10.9. The van der Waals surface area contributed by atoms with Crippen molar-refractivity contribution in [3.63, 3.8) is 0 Å². The van der Waals surface area contributed by atoms with E-state index in [9.17, 15) is 4.79 Å². The number of ether oxygens (including phenoxy) is 2. The average molecular weight is 544 g/mol. The molecular formula is C28H33N9O3. The van der Waals surface area contributed by atoms with Crippen LogP contribution in [0.1, 0.15) is 36.5 Å². The largest absolute Gasteiger partial charge is 0.494 e. The number of hydrogen-bond donors (Lipinski definition) is 2. The molecule has 0 aliphatic carbocycles. The lowest BCUT2D eigenvalue weighted by atomic mass is 10.1. The zero-order chi connectivity index (χ0) is 28.1. The molecule has 208 valence electrons. The number of carbonyl (C=O) groups excluding carboxylic acids is 1. The zero-order valence-corrected chi connectivity index (χ0v) is 23.1. The predicted molar refractivity (Wildman–Crippen MR) is 152 cm³/mol. The van der Waals surface area contributed by atoms with Crippen LogP contribution in [0.5, 0.6) is 11.6 Å². The number of pyridine rings is 1. The molecule has 0 bridgehead atoms. The summed E-state index contributed by atoms with van der Waals surface area (Å²) in [6.07, 6.45) is 8.93. The minimum absolute atomic E-state index is 0.0438. The lowest BCUT2D eigenvalue weighted by Gasteiger charge is -2.29. The summed E-state index contributed by atoms with van der Waals surface area (Å²) in [5.74, 6) is 2.53. The molecule has 0 unspecified atom stereocenters. The van der Waals surface area contributed by atoms with Crippen molar-refractivity contribution in [3.05, 3.63) is 54.7 Å². The number of nitrogens with one attached hydrogen (secondary N) is 2. The van der Waals surface area contributed by atoms with Crippen LogP contribution in [0.3, 0.4) is 0 Å². The Morgan fingerprint density at radius 3 is 2.60 bits per heavy atom. The number of benzene rings is 1. The van der Waals surface area contributed by atoms with Gasteiger partial charge in [-0.2, -0.15) is 5.10 Å². The van der Waals surface area contributed by atoms with Crippen molar-refractivity contribution in [1.29, 1.82) is 0 Å². The van der Waals surface area contributed by atoms with Crippen LogP contribution >= 0.6 is 0 Å². The van der Waals surface area contributed by atoms with E-state index >= 15 is 0 Å². The fourth-order valence-electron chi connectivity index (χ4n) is 4.64. The minimum atomic E-state index is -0.0438. The van der Waals surface area contributed by atoms with E-state index in [1.165, 1.54) is 0 Å². The van der Waals surface area contributed by atoms with Gasteiger partial charge in [-0.1, -0.05) is 13.0 Å². The van der Waals surface area contributed by atoms with Gasteiger partial charge < -0.3 is 25.0 Å². The number of methoxy groups -OCH3 is 1. The Labute approximate surface area is 232 Å². The van der Waals surface area contributed by atoms with Crippen LogP contribution in [0.15, 0.2) is 49.2 Å². The van der Waals surface area contributed by atoms with E-state index in [0.717, 1.165) is 31.5 Å². The summed E-state index contributed by atoms with van der Waals surface area (Å²) in [6.45, 7) is 3.77. The second-order valence-corrected chi connectivity index (χ2v) is 9.65. The lowest BCUT2D eigenvalue weighted by molar-refractivity contribution is 0.0987. The molecule has 4 aromatic rings. The number of Topliss-reactive ketones (excluding diaryl/α,β-unsaturated/α-hetero) is 1. The van der Waals surface area contributed by atoms with Crippen LogP contribution in [-0.2, 0) is 7.05 Å². The summed E-state index contributed by atoms with van der Waals surface area (Å²) in [4.78, 5) is 32.7. The van der Waals surface area contributed by atoms with E-state index in [4.69, 9.17) is 9.47 Å². The number of aromatic nitrogens is 6. The molecule has 1 fully saturated rings. The number of likely N-dealkylation sites (N-methyl/N-ethyl adjacent to an activating group) is 1. The highest BCUT2D eigenvalue weighted by Crippen LogP contribution is 2.37. The molecule has 1 saturated heterocycles. The highest BCUT2D eigenvalue weighted by molar-refractivity contribution is 6.02. The van der Waals surface area contributed by atoms with Crippen LogP contribution in [0.2, 0.25) is 0 Å². The highest BCUT2D eigenvalue weighted by atomic mass is 16.5. The first-order valence-corrected chi connectivity index (χ1v) is 13.2. The Morgan fingerprint density at radius 1 is 1.05 bits per heavy atom. The van der Waals surface area contributed by atoms with Crippen LogP contribution in [-0.4, -0.2) is 73.8 Å². The Balaban J connectivity index is 1.38. The summed E-state index contributed by atoms with van der Waals surface area (Å²) >= 11 is 0. The van der Waals surface area contributed by atoms with Gasteiger partial charge in [-0.3, -0.25) is 9.48 Å². The summed E-state index contributed by atoms with van der Waals surface area (Å²) in [6, 6.07) is 7.39. The van der Waals surface area contributed by atoms with Crippen molar-refractivity contribution in [2.24, 2.45) is 7.05 Å². The van der Waals surface area contributed by atoms with Gasteiger partial charge in [0.25, 0.3) is 0 Å². The smallest absolute Gasteiger partial charge is 0.232 e. The quantitative estimate of drug-likeness (QED) is 0.279. The van der Waals surface area contributed by atoms with Gasteiger partial charge in [-0.25, -0.2) is 19.9 Å². The lowest BCUT2D eigenvalue weighted by Crippen LogP contribution is -2.38. The fraction of sp³-hybridized carbons (Fsp3) is 0.357. The molecule has 0 spiro atoms. The first kappa shape index (κ1) is 27.0. The predicted octanol–water partition coefficient (Wildman–Crippen LogP) is 4.23. The summed E-state index contributed by atoms with van der Waals surface area (Å²) < 4.78 is 13.4. The first-order chi connectivity index (χ1) is 19.4. The standard InChI is InChI=1S/C28H33N9O3/c1-5-23(38)20-13-29-24(34-25-14-31-26(15-30-25)40-18-8-7-11-36(2)16-18)12-22(20)33-21-10-6-9-19(27(21)39-4)28-32-17-37(3)35-28/h6,9-10,12-15,17-18H,5,7-8,11,16H2,1-4H3,(H2,29,30,33,34)/t18-/m1/s1. The molecule has 1 aliphatic rings. The molecule has 2 N–H and O–H groups in total. The second kappa shape index (κ2) is 12.1. The van der Waals surface area contributed by atoms with Crippen molar-refractivity contribution < 1.29 is 14.3 Å². The van der Waals surface area contributed by atoms with Gasteiger partial charge in [0.15, 0.2) is 17.4 Å². The number of nitrogens with zero attached hydrogens (tertiary/aromatic N) is 7. The average Bonchev–Trinajstić information content (AvgIpc) is 3.40. The maximum atomic E-state index is 12.8. The topological polar surface area (TPSA) is 132 Å². The van der Waals surface area contributed by atoms with Crippen molar-refractivity contribution in [3.8, 4) is 23.0 Å². The van der Waals surface area contributed by atoms with E-state index in [1.807, 2.05) is 25.1 Å². The van der Waals surface area contributed by atoms with E-state index < -0.39 is 0 Å². The molecule has 4 heterocycles. The number of anilines is 4. The van der Waals surface area contributed by atoms with Crippen LogP contribution in [0.4, 0.5) is 23.0 Å². The van der Waals surface area contributed by atoms with Crippen molar-refractivity contribution >= 4 is 28.8 Å². The normalized spacial score (nSPS) is 15.4. The number of likely N-dealkylation sites (tertiary alicyclic amines) is 1. The number of aryl methyl sites for hydroxylation is 1. The van der Waals surface area contributed by atoms with E-state index in [2.05, 4.69) is 47.6 Å². The van der Waals surface area contributed by atoms with Gasteiger partial charge in [0.1, 0.15) is 24.1 Å². The van der Waals surface area contributed by atoms with Gasteiger partial charge in [-0.05, 0) is 38.6 Å². The Kier molecular flexibility index (Phi) is 8.15. The number of ketones is 1. The Morgan fingerprint density at radius 2 is 1.90 bits per heavy atom. The van der Waals surface area contributed by atoms with Crippen molar-refractivity contribution in [2.75, 3.05) is 37.9 Å². The van der Waals surface area contributed by atoms with Gasteiger partial charge in [-0.15, -0.1) is 0 Å². The molecule has 0 amide bonds. The molecular weight excluding hydrogens is 510 g/mol. The minimum Gasteiger partial charge on any atom is -0.494 e. The molecule has 1 aromatic carbocycles. The molecule has 5 rings (SSSR count). The SMILES string of the molecule is CCC(=O)c1cnc(Nc2cnc(O[C@@H]3CCCN(C)C3)cn2)cc1Nc1cccc(-c2ncn(C)n2)c1OC. The van der Waals surface area contributed by atoms with Crippen LogP contribution in [0.25, 0.3) is 11.4 Å². The third kappa shape index (κ3) is 6.18. The second-order valence-electron chi connectivity index (χ2n) is 9.65. The van der Waals surface area contributed by atoms with E-state index in [1.54, 1.807) is 49.8 Å². The monoisotopic (exact) mass is 543 g/mol. The number of rotatable bonds is 10. The number of hydrogen-bond acceptors (Lipinski definition) is 11. The van der Waals surface area contributed by atoms with Gasteiger partial charge in [0, 0.05) is 32.3 Å². The molecule has 1 aliphatic heterocycles. The van der Waals surface area contributed by atoms with E-state index in [0.29, 0.717) is 52.4 Å². The number of para-hydroxylation sites is 1. The molecule has 3 aromatic heterocycles. The van der Waals surface area contributed by atoms with E-state index in [-0.39, 0.29) is 11.9 Å². The van der Waals surface area contributed by atoms with Crippen LogP contribution < -0.4 is 20.1 Å². The maximum Gasteiger partial charge on any atom is 0.232 e. The van der Waals surface area contributed by atoms with Gasteiger partial charge >= 0.3 is 0 Å². The molecule has 1 atom stereocenters. The summed E-state index contributed by atoms with van der Waals surface area (Å²) in [5.41, 5.74) is 2.41. The van der Waals surface area contributed by atoms with Gasteiger partial charge in [0.05, 0.1) is 42.0 Å². The van der Waals surface area contributed by atoms with Crippen molar-refractivity contribution in [1.82, 2.24) is 34.6 Å². The molecule has 0 saturated carbocycles. The molecule has 12 heteroatoms. The van der Waals surface area contributed by atoms with Crippen LogP contribution in [0, 0.1) is 0 Å². The van der Waals surface area contributed by atoms with Gasteiger partial charge in [0.2, 0.25) is 5.88 Å². The molecule has 12 nitrogen and oxygen atoms in total.